The number of rotatable bonds is 6. The van der Waals surface area contributed by atoms with Gasteiger partial charge >= 0.3 is 0 Å². The third-order valence-corrected chi connectivity index (χ3v) is 6.89. The lowest BCUT2D eigenvalue weighted by Crippen LogP contribution is -2.37. The summed E-state index contributed by atoms with van der Waals surface area (Å²) >= 11 is 0. The Balaban J connectivity index is 1.69. The van der Waals surface area contributed by atoms with Crippen LogP contribution in [0.2, 0.25) is 0 Å². The summed E-state index contributed by atoms with van der Waals surface area (Å²) in [7, 11) is 8.64. The monoisotopic (exact) mass is 376 g/mol. The summed E-state index contributed by atoms with van der Waals surface area (Å²) in [5.41, 5.74) is 6.06. The van der Waals surface area contributed by atoms with Gasteiger partial charge in [-0.05, 0) is 99.8 Å². The third-order valence-electron chi connectivity index (χ3n) is 6.89. The highest BCUT2D eigenvalue weighted by atomic mass is 15.1. The van der Waals surface area contributed by atoms with Gasteiger partial charge in [-0.3, -0.25) is 0 Å². The summed E-state index contributed by atoms with van der Waals surface area (Å²) in [6.07, 6.45) is 5.67. The Morgan fingerprint density at radius 1 is 0.643 bits per heavy atom. The Labute approximate surface area is 171 Å². The standard InChI is InChI=1S/C26H36N2/c1-27(2)17-19-7-5-9-23(15-19)25-21-11-13-22(14-12-21)26(25)24-10-6-8-20(16-24)18-28(3)4/h5-10,15-16,21-22,25-26H,11-14,17-18H2,1-4H3. The second-order valence-corrected chi connectivity index (χ2v) is 9.69. The largest absolute Gasteiger partial charge is 0.305 e. The van der Waals surface area contributed by atoms with E-state index in [0.29, 0.717) is 11.8 Å². The molecule has 3 fully saturated rings. The van der Waals surface area contributed by atoms with Gasteiger partial charge in [0.1, 0.15) is 0 Å². The van der Waals surface area contributed by atoms with E-state index in [9.17, 15) is 0 Å². The highest BCUT2D eigenvalue weighted by Crippen LogP contribution is 2.57. The van der Waals surface area contributed by atoms with E-state index in [2.05, 4.69) is 86.5 Å². The number of fused-ring (bicyclic) bond motifs is 3. The molecule has 0 N–H and O–H groups in total. The molecule has 28 heavy (non-hydrogen) atoms. The maximum Gasteiger partial charge on any atom is 0.0227 e. The van der Waals surface area contributed by atoms with Gasteiger partial charge in [0.15, 0.2) is 0 Å². The fourth-order valence-electron chi connectivity index (χ4n) is 5.94. The van der Waals surface area contributed by atoms with E-state index in [1.54, 1.807) is 11.1 Å². The molecule has 0 saturated heterocycles. The molecule has 3 saturated carbocycles. The van der Waals surface area contributed by atoms with E-state index >= 15 is 0 Å². The van der Waals surface area contributed by atoms with Crippen molar-refractivity contribution >= 4 is 0 Å². The Bertz CT molecular complexity index is 719. The van der Waals surface area contributed by atoms with Gasteiger partial charge in [0.05, 0.1) is 0 Å². The first kappa shape index (κ1) is 19.7. The maximum absolute atomic E-state index is 2.50. The normalized spacial score (nSPS) is 26.9. The minimum absolute atomic E-state index is 0.684. The molecule has 0 amide bonds. The fraction of sp³-hybridized carbons (Fsp3) is 0.538. The van der Waals surface area contributed by atoms with Crippen molar-refractivity contribution in [3.8, 4) is 0 Å². The van der Waals surface area contributed by atoms with Gasteiger partial charge in [0.2, 0.25) is 0 Å². The molecule has 0 radical (unpaired) electrons. The summed E-state index contributed by atoms with van der Waals surface area (Å²) < 4.78 is 0. The Hall–Kier alpha value is -1.64. The summed E-state index contributed by atoms with van der Waals surface area (Å²) in [6, 6.07) is 19.0. The summed E-state index contributed by atoms with van der Waals surface area (Å²) in [5.74, 6) is 3.07. The molecule has 0 heterocycles. The van der Waals surface area contributed by atoms with E-state index in [-0.39, 0.29) is 0 Å². The van der Waals surface area contributed by atoms with Crippen molar-refractivity contribution in [2.24, 2.45) is 11.8 Å². The van der Waals surface area contributed by atoms with E-state index in [0.717, 1.165) is 24.9 Å². The molecule has 3 aliphatic rings. The molecular weight excluding hydrogens is 340 g/mol. The van der Waals surface area contributed by atoms with E-state index < -0.39 is 0 Å². The lowest BCUT2D eigenvalue weighted by molar-refractivity contribution is 0.113. The molecule has 2 heteroatoms. The topological polar surface area (TPSA) is 6.48 Å². The lowest BCUT2D eigenvalue weighted by atomic mass is 9.55. The first-order valence-electron chi connectivity index (χ1n) is 11.0. The molecule has 2 bridgehead atoms. The van der Waals surface area contributed by atoms with Gasteiger partial charge in [-0.2, -0.15) is 0 Å². The molecule has 0 aromatic heterocycles. The summed E-state index contributed by atoms with van der Waals surface area (Å²) in [6.45, 7) is 2.05. The van der Waals surface area contributed by atoms with Crippen LogP contribution >= 0.6 is 0 Å². The van der Waals surface area contributed by atoms with Crippen molar-refractivity contribution in [1.82, 2.24) is 9.80 Å². The first-order chi connectivity index (χ1) is 13.5. The zero-order valence-corrected chi connectivity index (χ0v) is 18.1. The van der Waals surface area contributed by atoms with Crippen LogP contribution in [0.15, 0.2) is 48.5 Å². The molecule has 0 spiro atoms. The smallest absolute Gasteiger partial charge is 0.0227 e. The van der Waals surface area contributed by atoms with E-state index in [4.69, 9.17) is 0 Å². The van der Waals surface area contributed by atoms with Gasteiger partial charge < -0.3 is 9.80 Å². The van der Waals surface area contributed by atoms with Crippen molar-refractivity contribution in [1.29, 1.82) is 0 Å². The number of hydrogen-bond donors (Lipinski definition) is 0. The number of benzene rings is 2. The van der Waals surface area contributed by atoms with Crippen LogP contribution in [0.25, 0.3) is 0 Å². The Kier molecular flexibility index (Phi) is 5.89. The predicted octanol–water partition coefficient (Wildman–Crippen LogP) is 5.50. The van der Waals surface area contributed by atoms with Gasteiger partial charge in [-0.1, -0.05) is 48.5 Å². The van der Waals surface area contributed by atoms with Gasteiger partial charge in [0.25, 0.3) is 0 Å². The van der Waals surface area contributed by atoms with Crippen molar-refractivity contribution < 1.29 is 0 Å². The molecule has 2 aromatic rings. The molecule has 2 nitrogen and oxygen atoms in total. The van der Waals surface area contributed by atoms with Gasteiger partial charge in [-0.25, -0.2) is 0 Å². The molecule has 3 aliphatic carbocycles. The average molecular weight is 377 g/mol. The van der Waals surface area contributed by atoms with E-state index in [1.165, 1.54) is 36.8 Å². The lowest BCUT2D eigenvalue weighted by Gasteiger charge is -2.49. The van der Waals surface area contributed by atoms with Crippen LogP contribution in [0, 0.1) is 11.8 Å². The average Bonchev–Trinajstić information content (AvgIpc) is 2.67. The minimum Gasteiger partial charge on any atom is -0.305 e. The van der Waals surface area contributed by atoms with Crippen LogP contribution < -0.4 is 0 Å². The fourth-order valence-corrected chi connectivity index (χ4v) is 5.94. The zero-order valence-electron chi connectivity index (χ0n) is 18.1. The van der Waals surface area contributed by atoms with Crippen molar-refractivity contribution in [2.75, 3.05) is 28.2 Å². The van der Waals surface area contributed by atoms with Crippen LogP contribution in [0.5, 0.6) is 0 Å². The SMILES string of the molecule is CN(C)Cc1cccc(C2C3CCC(CC3)C2c2cccc(CN(C)C)c2)c1. The molecule has 2 atom stereocenters. The predicted molar refractivity (Wildman–Crippen MR) is 119 cm³/mol. The second kappa shape index (κ2) is 8.39. The highest BCUT2D eigenvalue weighted by Gasteiger charge is 2.44. The van der Waals surface area contributed by atoms with Crippen molar-refractivity contribution in [3.05, 3.63) is 70.8 Å². The van der Waals surface area contributed by atoms with Crippen LogP contribution in [0.4, 0.5) is 0 Å². The zero-order chi connectivity index (χ0) is 19.7. The van der Waals surface area contributed by atoms with Crippen molar-refractivity contribution in [3.63, 3.8) is 0 Å². The molecular formula is C26H36N2. The molecule has 2 aromatic carbocycles. The molecule has 0 aliphatic heterocycles. The summed E-state index contributed by atoms with van der Waals surface area (Å²) in [4.78, 5) is 4.54. The van der Waals surface area contributed by atoms with Crippen LogP contribution in [-0.2, 0) is 13.1 Å². The summed E-state index contributed by atoms with van der Waals surface area (Å²) in [5, 5.41) is 0. The highest BCUT2D eigenvalue weighted by molar-refractivity contribution is 5.36. The Morgan fingerprint density at radius 3 is 1.39 bits per heavy atom. The minimum atomic E-state index is 0.684. The van der Waals surface area contributed by atoms with Crippen molar-refractivity contribution in [2.45, 2.75) is 50.6 Å². The Morgan fingerprint density at radius 2 is 1.04 bits per heavy atom. The van der Waals surface area contributed by atoms with Gasteiger partial charge in [0, 0.05) is 13.1 Å². The van der Waals surface area contributed by atoms with E-state index in [1.807, 2.05) is 0 Å². The molecule has 150 valence electrons. The maximum atomic E-state index is 2.50. The number of hydrogen-bond acceptors (Lipinski definition) is 2. The van der Waals surface area contributed by atoms with Crippen LogP contribution in [0.3, 0.4) is 0 Å². The number of nitrogens with zero attached hydrogens (tertiary/aromatic N) is 2. The third kappa shape index (κ3) is 4.18. The molecule has 5 rings (SSSR count). The first-order valence-corrected chi connectivity index (χ1v) is 11.0. The van der Waals surface area contributed by atoms with Crippen LogP contribution in [-0.4, -0.2) is 38.0 Å². The van der Waals surface area contributed by atoms with Gasteiger partial charge in [-0.15, -0.1) is 0 Å². The van der Waals surface area contributed by atoms with Crippen LogP contribution in [0.1, 0.15) is 59.8 Å². The molecule has 2 unspecified atom stereocenters. The second-order valence-electron chi connectivity index (χ2n) is 9.69. The quantitative estimate of drug-likeness (QED) is 0.657.